The van der Waals surface area contributed by atoms with Crippen LogP contribution < -0.4 is 10.9 Å². The largest absolute Gasteiger partial charge is 0.465 e. The second-order valence-corrected chi connectivity index (χ2v) is 6.65. The van der Waals surface area contributed by atoms with Crippen molar-refractivity contribution in [2.45, 2.75) is 31.8 Å². The number of nitrogens with one attached hydrogen (secondary N) is 1. The van der Waals surface area contributed by atoms with Crippen LogP contribution in [0.25, 0.3) is 22.0 Å². The fourth-order valence-electron chi connectivity index (χ4n) is 3.30. The van der Waals surface area contributed by atoms with E-state index in [1.54, 1.807) is 28.4 Å². The monoisotopic (exact) mass is 353 g/mol. The van der Waals surface area contributed by atoms with Gasteiger partial charge in [-0.1, -0.05) is 12.1 Å². The van der Waals surface area contributed by atoms with E-state index in [2.05, 4.69) is 15.4 Å². The van der Waals surface area contributed by atoms with E-state index >= 15 is 0 Å². The molecular weight excluding hydrogens is 334 g/mol. The Hall–Kier alpha value is -3.16. The van der Waals surface area contributed by atoms with Gasteiger partial charge in [0.2, 0.25) is 0 Å². The first-order valence-electron chi connectivity index (χ1n) is 8.49. The highest BCUT2D eigenvalue weighted by molar-refractivity contribution is 5.93. The van der Waals surface area contributed by atoms with Crippen molar-refractivity contribution in [2.75, 3.05) is 0 Å². The average molecular weight is 353 g/mol. The van der Waals surface area contributed by atoms with Crippen LogP contribution in [0.15, 0.2) is 35.4 Å². The van der Waals surface area contributed by atoms with Gasteiger partial charge in [0.1, 0.15) is 5.82 Å². The Kier molecular flexibility index (Phi) is 3.75. The van der Waals surface area contributed by atoms with Gasteiger partial charge in [-0.05, 0) is 31.4 Å². The molecule has 2 aromatic heterocycles. The number of amides is 1. The van der Waals surface area contributed by atoms with Crippen LogP contribution in [-0.2, 0) is 7.05 Å². The molecule has 1 aliphatic rings. The van der Waals surface area contributed by atoms with Gasteiger partial charge in [-0.3, -0.25) is 14.0 Å². The minimum Gasteiger partial charge on any atom is -0.465 e. The molecule has 1 aliphatic carbocycles. The molecule has 3 aromatic rings. The normalized spacial score (nSPS) is 15.2. The molecule has 8 nitrogen and oxygen atoms in total. The first-order valence-corrected chi connectivity index (χ1v) is 8.49. The second-order valence-electron chi connectivity index (χ2n) is 6.65. The van der Waals surface area contributed by atoms with Crippen LogP contribution in [0.4, 0.5) is 4.79 Å². The molecule has 2 N–H and O–H groups in total. The Morgan fingerprint density at radius 3 is 2.77 bits per heavy atom. The quantitative estimate of drug-likeness (QED) is 0.750. The molecule has 2 heterocycles. The fraction of sp³-hybridized carbons (Fsp3) is 0.333. The Morgan fingerprint density at radius 2 is 2.15 bits per heavy atom. The Bertz CT molecular complexity index is 1060. The summed E-state index contributed by atoms with van der Waals surface area (Å²) in [5.74, 6) is 0.454. The van der Waals surface area contributed by atoms with Crippen LogP contribution in [0.2, 0.25) is 0 Å². The zero-order chi connectivity index (χ0) is 18.4. The van der Waals surface area contributed by atoms with Crippen molar-refractivity contribution in [3.05, 3.63) is 46.8 Å². The van der Waals surface area contributed by atoms with Crippen molar-refractivity contribution in [1.82, 2.24) is 24.6 Å². The summed E-state index contributed by atoms with van der Waals surface area (Å²) in [6.45, 7) is 1.70. The van der Waals surface area contributed by atoms with Crippen LogP contribution in [0.5, 0.6) is 0 Å². The number of nitrogens with zero attached hydrogens (tertiary/aromatic N) is 4. The summed E-state index contributed by atoms with van der Waals surface area (Å²) in [5.41, 5.74) is 2.06. The van der Waals surface area contributed by atoms with E-state index < -0.39 is 12.1 Å². The molecule has 1 saturated carbocycles. The molecule has 4 rings (SSSR count). The van der Waals surface area contributed by atoms with E-state index in [1.165, 1.54) is 0 Å². The molecule has 0 aliphatic heterocycles. The van der Waals surface area contributed by atoms with Gasteiger partial charge in [-0.2, -0.15) is 5.10 Å². The van der Waals surface area contributed by atoms with Crippen molar-refractivity contribution in [3.63, 3.8) is 0 Å². The van der Waals surface area contributed by atoms with Gasteiger partial charge in [0, 0.05) is 24.8 Å². The average Bonchev–Trinajstić information content (AvgIpc) is 3.33. The third-order valence-electron chi connectivity index (χ3n) is 4.61. The number of aryl methyl sites for hydroxylation is 1. The summed E-state index contributed by atoms with van der Waals surface area (Å²) in [4.78, 5) is 29.0. The van der Waals surface area contributed by atoms with Crippen LogP contribution in [0.3, 0.4) is 0 Å². The van der Waals surface area contributed by atoms with Crippen LogP contribution in [-0.4, -0.2) is 30.5 Å². The molecule has 26 heavy (non-hydrogen) atoms. The maximum absolute atomic E-state index is 13.3. The van der Waals surface area contributed by atoms with Gasteiger partial charge in [0.25, 0.3) is 5.56 Å². The lowest BCUT2D eigenvalue weighted by Gasteiger charge is -2.18. The Balaban J connectivity index is 1.98. The van der Waals surface area contributed by atoms with E-state index in [0.29, 0.717) is 16.7 Å². The molecule has 134 valence electrons. The summed E-state index contributed by atoms with van der Waals surface area (Å²) in [5, 5.41) is 16.2. The van der Waals surface area contributed by atoms with Crippen molar-refractivity contribution >= 4 is 17.0 Å². The van der Waals surface area contributed by atoms with Gasteiger partial charge in [0.15, 0.2) is 0 Å². The summed E-state index contributed by atoms with van der Waals surface area (Å²) in [7, 11) is 1.83. The van der Waals surface area contributed by atoms with Gasteiger partial charge >= 0.3 is 6.09 Å². The SMILES string of the molecule is CC(NC(=O)O)c1nc2cccc(-c3cnn(C)c3)c2c(=O)n1C1CC1. The van der Waals surface area contributed by atoms with Gasteiger partial charge in [0.05, 0.1) is 23.1 Å². The zero-order valence-corrected chi connectivity index (χ0v) is 14.5. The highest BCUT2D eigenvalue weighted by Crippen LogP contribution is 2.36. The van der Waals surface area contributed by atoms with E-state index in [9.17, 15) is 9.59 Å². The maximum Gasteiger partial charge on any atom is 0.405 e. The zero-order valence-electron chi connectivity index (χ0n) is 14.5. The number of benzene rings is 1. The topological polar surface area (TPSA) is 102 Å². The summed E-state index contributed by atoms with van der Waals surface area (Å²) < 4.78 is 3.34. The Morgan fingerprint density at radius 1 is 1.38 bits per heavy atom. The highest BCUT2D eigenvalue weighted by atomic mass is 16.4. The Labute approximate surface area is 149 Å². The lowest BCUT2D eigenvalue weighted by atomic mass is 10.0. The van der Waals surface area contributed by atoms with Crippen LogP contribution >= 0.6 is 0 Å². The van der Waals surface area contributed by atoms with Crippen molar-refractivity contribution < 1.29 is 9.90 Å². The number of carboxylic acid groups (broad SMARTS) is 1. The summed E-state index contributed by atoms with van der Waals surface area (Å²) in [6, 6.07) is 5.02. The minimum atomic E-state index is -1.14. The highest BCUT2D eigenvalue weighted by Gasteiger charge is 2.31. The molecular formula is C18H19N5O3. The van der Waals surface area contributed by atoms with Crippen molar-refractivity contribution in [1.29, 1.82) is 0 Å². The number of rotatable bonds is 4. The molecule has 1 fully saturated rings. The number of carbonyl (C=O) groups is 1. The standard InChI is InChI=1S/C18H19N5O3/c1-10(20-18(25)26)16-21-14-5-3-4-13(11-8-19-22(2)9-11)15(14)17(24)23(16)12-6-7-12/h3-5,8-10,12,20H,6-7H2,1-2H3,(H,25,26). The predicted molar refractivity (Wildman–Crippen MR) is 96.1 cm³/mol. The van der Waals surface area contributed by atoms with Crippen LogP contribution in [0.1, 0.15) is 37.7 Å². The first-order chi connectivity index (χ1) is 12.5. The number of hydrogen-bond donors (Lipinski definition) is 2. The minimum absolute atomic E-state index is 0.0781. The second kappa shape index (κ2) is 5.98. The number of aromatic nitrogens is 4. The summed E-state index contributed by atoms with van der Waals surface area (Å²) >= 11 is 0. The van der Waals surface area contributed by atoms with E-state index in [4.69, 9.17) is 5.11 Å². The third-order valence-corrected chi connectivity index (χ3v) is 4.61. The van der Waals surface area contributed by atoms with Gasteiger partial charge < -0.3 is 10.4 Å². The molecule has 8 heteroatoms. The lowest BCUT2D eigenvalue weighted by Crippen LogP contribution is -2.33. The molecule has 0 bridgehead atoms. The molecule has 1 amide bonds. The molecule has 0 saturated heterocycles. The molecule has 0 spiro atoms. The number of fused-ring (bicyclic) bond motifs is 1. The molecule has 0 radical (unpaired) electrons. The van der Waals surface area contributed by atoms with E-state index in [0.717, 1.165) is 24.0 Å². The van der Waals surface area contributed by atoms with Crippen molar-refractivity contribution in [3.8, 4) is 11.1 Å². The molecule has 1 atom stereocenters. The maximum atomic E-state index is 13.3. The van der Waals surface area contributed by atoms with Gasteiger partial charge in [-0.25, -0.2) is 9.78 Å². The lowest BCUT2D eigenvalue weighted by molar-refractivity contribution is 0.190. The summed E-state index contributed by atoms with van der Waals surface area (Å²) in [6.07, 6.45) is 4.23. The fourth-order valence-corrected chi connectivity index (χ4v) is 3.30. The smallest absolute Gasteiger partial charge is 0.405 e. The molecule has 1 aromatic carbocycles. The van der Waals surface area contributed by atoms with Crippen molar-refractivity contribution in [2.24, 2.45) is 7.05 Å². The number of hydrogen-bond acceptors (Lipinski definition) is 4. The third kappa shape index (κ3) is 2.73. The predicted octanol–water partition coefficient (Wildman–Crippen LogP) is 2.46. The van der Waals surface area contributed by atoms with E-state index in [1.807, 2.05) is 25.4 Å². The van der Waals surface area contributed by atoms with Gasteiger partial charge in [-0.15, -0.1) is 0 Å². The van der Waals surface area contributed by atoms with Crippen LogP contribution in [0, 0.1) is 0 Å². The first kappa shape index (κ1) is 16.3. The molecule has 1 unspecified atom stereocenters. The van der Waals surface area contributed by atoms with E-state index in [-0.39, 0.29) is 11.6 Å².